The number of ether oxygens (including phenoxy) is 4. The smallest absolute Gasteiger partial charge is 0.261 e. The number of methoxy groups -OCH3 is 4. The van der Waals surface area contributed by atoms with Gasteiger partial charge in [0.25, 0.3) is 10.0 Å². The molecule has 6 rings (SSSR count). The maximum Gasteiger partial charge on any atom is 0.261 e. The average molecular weight is 707 g/mol. The summed E-state index contributed by atoms with van der Waals surface area (Å²) in [4.78, 5) is 20.9. The number of sulfonamides is 1. The second kappa shape index (κ2) is 14.8. The highest BCUT2D eigenvalue weighted by atomic mass is 32.2. The molecule has 2 aromatic carbocycles. The Morgan fingerprint density at radius 3 is 1.98 bits per heavy atom. The Morgan fingerprint density at radius 1 is 0.860 bits per heavy atom. The fourth-order valence-electron chi connectivity index (χ4n) is 8.14. The number of anilines is 1. The minimum Gasteiger partial charge on any atom is -0.497 e. The first-order valence-electron chi connectivity index (χ1n) is 17.5. The van der Waals surface area contributed by atoms with Gasteiger partial charge in [0.2, 0.25) is 5.91 Å². The van der Waals surface area contributed by atoms with Gasteiger partial charge in [-0.15, -0.1) is 0 Å². The zero-order chi connectivity index (χ0) is 35.6. The normalized spacial score (nSPS) is 22.0. The molecule has 2 aliphatic carbocycles. The zero-order valence-electron chi connectivity index (χ0n) is 30.0. The fourth-order valence-corrected chi connectivity index (χ4v) is 9.49. The molecule has 3 aromatic rings. The highest BCUT2D eigenvalue weighted by molar-refractivity contribution is 7.89. The van der Waals surface area contributed by atoms with Crippen LogP contribution in [0, 0.1) is 17.3 Å². The van der Waals surface area contributed by atoms with E-state index in [9.17, 15) is 13.2 Å². The van der Waals surface area contributed by atoms with Crippen LogP contribution in [-0.4, -0.2) is 75.6 Å². The summed E-state index contributed by atoms with van der Waals surface area (Å²) in [5.41, 5.74) is 1.78. The fraction of sp³-hybridized carbons (Fsp3) is 0.526. The van der Waals surface area contributed by atoms with Crippen LogP contribution in [0.25, 0.3) is 0 Å². The third kappa shape index (κ3) is 7.15. The molecule has 270 valence electrons. The van der Waals surface area contributed by atoms with Crippen LogP contribution in [0.4, 0.5) is 5.69 Å². The molecule has 0 spiro atoms. The van der Waals surface area contributed by atoms with Crippen molar-refractivity contribution in [1.29, 1.82) is 0 Å². The van der Waals surface area contributed by atoms with Crippen LogP contribution in [0.15, 0.2) is 59.8 Å². The van der Waals surface area contributed by atoms with Crippen LogP contribution >= 0.6 is 0 Å². The quantitative estimate of drug-likeness (QED) is 0.210. The molecular formula is C38H50N4O7S. The van der Waals surface area contributed by atoms with E-state index in [0.29, 0.717) is 51.8 Å². The van der Waals surface area contributed by atoms with Crippen molar-refractivity contribution in [2.75, 3.05) is 40.3 Å². The number of pyridine rings is 1. The number of amides is 1. The Balaban J connectivity index is 1.29. The van der Waals surface area contributed by atoms with E-state index in [0.717, 1.165) is 19.4 Å². The van der Waals surface area contributed by atoms with Crippen LogP contribution in [0.3, 0.4) is 0 Å². The molecule has 0 radical (unpaired) electrons. The number of fused-ring (bicyclic) bond motifs is 1. The first kappa shape index (κ1) is 35.9. The third-order valence-electron chi connectivity index (χ3n) is 11.1. The molecule has 0 bridgehead atoms. The number of hydrogen-bond donors (Lipinski definition) is 1. The van der Waals surface area contributed by atoms with E-state index in [1.54, 1.807) is 56.7 Å². The van der Waals surface area contributed by atoms with Crippen molar-refractivity contribution in [1.82, 2.24) is 14.2 Å². The van der Waals surface area contributed by atoms with Crippen molar-refractivity contribution >= 4 is 21.6 Å². The molecular weight excluding hydrogens is 657 g/mol. The van der Waals surface area contributed by atoms with Crippen molar-refractivity contribution in [3.05, 3.63) is 65.9 Å². The van der Waals surface area contributed by atoms with Crippen LogP contribution in [0.5, 0.6) is 23.0 Å². The topological polar surface area (TPSA) is 120 Å². The van der Waals surface area contributed by atoms with Gasteiger partial charge < -0.3 is 24.3 Å². The third-order valence-corrected chi connectivity index (χ3v) is 12.8. The molecule has 1 aromatic heterocycles. The molecule has 11 nitrogen and oxygen atoms in total. The van der Waals surface area contributed by atoms with Gasteiger partial charge in [-0.2, -0.15) is 4.31 Å². The molecule has 3 atom stereocenters. The standard InChI is InChI=1S/C38H50N4O7S/c1-38(2)31-24-42(28-11-9-7-8-10-12-28)36(35(31)38)37(43)40-27-17-18-39-34(19-27)50(44,45)41(22-25-13-15-29(46-3)20-32(25)48-5)23-26-14-16-30(47-4)21-33(26)49-6/h13-21,28,31,35-36H,7-12,22-24H2,1-6H3,(H,39,40,43)/t31-,35+,36+/m1/s1. The lowest BCUT2D eigenvalue weighted by molar-refractivity contribution is -0.122. The molecule has 3 fully saturated rings. The first-order chi connectivity index (χ1) is 24.0. The Bertz CT molecular complexity index is 1730. The number of benzene rings is 2. The number of carbonyl (C=O) groups excluding carboxylic acids is 1. The second-order valence-corrected chi connectivity index (χ2v) is 16.1. The van der Waals surface area contributed by atoms with E-state index in [-0.39, 0.29) is 41.4 Å². The van der Waals surface area contributed by atoms with Crippen LogP contribution in [0.2, 0.25) is 0 Å². The maximum absolute atomic E-state index is 14.5. The molecule has 2 saturated carbocycles. The van der Waals surface area contributed by atoms with Crippen LogP contribution < -0.4 is 24.3 Å². The van der Waals surface area contributed by atoms with Crippen molar-refractivity contribution in [3.63, 3.8) is 0 Å². The van der Waals surface area contributed by atoms with Crippen LogP contribution in [-0.2, 0) is 27.9 Å². The molecule has 50 heavy (non-hydrogen) atoms. The monoisotopic (exact) mass is 706 g/mol. The second-order valence-electron chi connectivity index (χ2n) is 14.2. The first-order valence-corrected chi connectivity index (χ1v) is 18.9. The van der Waals surface area contributed by atoms with E-state index in [1.807, 2.05) is 0 Å². The van der Waals surface area contributed by atoms with Crippen molar-refractivity contribution in [2.45, 2.75) is 82.6 Å². The predicted molar refractivity (Wildman–Crippen MR) is 191 cm³/mol. The minimum absolute atomic E-state index is 0.0282. The number of piperidine rings is 1. The number of likely N-dealkylation sites (tertiary alicyclic amines) is 1. The van der Waals surface area contributed by atoms with Crippen molar-refractivity contribution in [2.24, 2.45) is 17.3 Å². The maximum atomic E-state index is 14.5. The van der Waals surface area contributed by atoms with Gasteiger partial charge in [0.1, 0.15) is 23.0 Å². The minimum atomic E-state index is -4.22. The molecule has 1 aliphatic heterocycles. The molecule has 1 N–H and O–H groups in total. The summed E-state index contributed by atoms with van der Waals surface area (Å²) in [5.74, 6) is 2.83. The van der Waals surface area contributed by atoms with Gasteiger partial charge in [-0.05, 0) is 48.3 Å². The lowest BCUT2D eigenvalue weighted by Crippen LogP contribution is -2.49. The van der Waals surface area contributed by atoms with E-state index in [4.69, 9.17) is 18.9 Å². The molecule has 1 amide bonds. The van der Waals surface area contributed by atoms with Gasteiger partial charge in [-0.3, -0.25) is 9.69 Å². The summed E-state index contributed by atoms with van der Waals surface area (Å²) in [6.07, 6.45) is 8.57. The van der Waals surface area contributed by atoms with E-state index < -0.39 is 10.0 Å². The molecule has 0 unspecified atom stereocenters. The predicted octanol–water partition coefficient (Wildman–Crippen LogP) is 6.12. The summed E-state index contributed by atoms with van der Waals surface area (Å²) in [6.45, 7) is 5.40. The lowest BCUT2D eigenvalue weighted by atomic mass is 9.97. The van der Waals surface area contributed by atoms with Gasteiger partial charge in [-0.1, -0.05) is 51.7 Å². The number of carbonyl (C=O) groups is 1. The van der Waals surface area contributed by atoms with Crippen molar-refractivity contribution in [3.8, 4) is 23.0 Å². The highest BCUT2D eigenvalue weighted by Gasteiger charge is 2.69. The highest BCUT2D eigenvalue weighted by Crippen LogP contribution is 2.65. The number of rotatable bonds is 13. The SMILES string of the molecule is COc1ccc(CN(Cc2ccc(OC)cc2OC)S(=O)(=O)c2cc(NC(=O)[C@@H]3[C@@H]4[C@@H](CN3C3CCCCCC3)C4(C)C)ccn2)c(OC)c1. The van der Waals surface area contributed by atoms with Crippen LogP contribution in [0.1, 0.15) is 63.5 Å². The number of nitrogens with one attached hydrogen (secondary N) is 1. The van der Waals surface area contributed by atoms with E-state index in [2.05, 4.69) is 29.0 Å². The molecule has 2 heterocycles. The van der Waals surface area contributed by atoms with Gasteiger partial charge >= 0.3 is 0 Å². The van der Waals surface area contributed by atoms with E-state index in [1.165, 1.54) is 56.5 Å². The lowest BCUT2D eigenvalue weighted by Gasteiger charge is -2.36. The van der Waals surface area contributed by atoms with Gasteiger partial charge in [0.15, 0.2) is 5.03 Å². The summed E-state index contributed by atoms with van der Waals surface area (Å²) in [5, 5.41) is 2.93. The average Bonchev–Trinajstić information content (AvgIpc) is 3.55. The largest absolute Gasteiger partial charge is 0.497 e. The number of aromatic nitrogens is 1. The van der Waals surface area contributed by atoms with Gasteiger partial charge in [-0.25, -0.2) is 13.4 Å². The summed E-state index contributed by atoms with van der Waals surface area (Å²) in [6, 6.07) is 13.8. The number of hydrogen-bond acceptors (Lipinski definition) is 9. The number of nitrogens with zero attached hydrogens (tertiary/aromatic N) is 3. The van der Waals surface area contributed by atoms with Gasteiger partial charge in [0.05, 0.1) is 34.5 Å². The zero-order valence-corrected chi connectivity index (χ0v) is 30.8. The Kier molecular flexibility index (Phi) is 10.6. The molecule has 1 saturated heterocycles. The van der Waals surface area contributed by atoms with E-state index >= 15 is 0 Å². The Morgan fingerprint density at radius 2 is 1.44 bits per heavy atom. The summed E-state index contributed by atoms with van der Waals surface area (Å²) >= 11 is 0. The Labute approximate surface area is 296 Å². The Hall–Kier alpha value is -3.87. The summed E-state index contributed by atoms with van der Waals surface area (Å²) in [7, 11) is 1.96. The molecule has 3 aliphatic rings. The van der Waals surface area contributed by atoms with Crippen molar-refractivity contribution < 1.29 is 32.2 Å². The summed E-state index contributed by atoms with van der Waals surface area (Å²) < 4.78 is 52.3. The molecule has 12 heteroatoms. The van der Waals surface area contributed by atoms with Gasteiger partial charge in [0, 0.05) is 66.9 Å².